The molecule has 0 aliphatic heterocycles. The third-order valence-corrected chi connectivity index (χ3v) is 3.14. The summed E-state index contributed by atoms with van der Waals surface area (Å²) in [5, 5.41) is 1.02. The number of esters is 1. The van der Waals surface area contributed by atoms with Crippen molar-refractivity contribution in [3.63, 3.8) is 0 Å². The molecule has 0 radical (unpaired) electrons. The Morgan fingerprint density at radius 3 is 2.68 bits per heavy atom. The molecule has 0 saturated carbocycles. The van der Waals surface area contributed by atoms with Crippen LogP contribution in [0.3, 0.4) is 0 Å². The number of alkyl halides is 1. The molecule has 0 atom stereocenters. The van der Waals surface area contributed by atoms with Gasteiger partial charge in [-0.15, -0.1) is 0 Å². The van der Waals surface area contributed by atoms with Gasteiger partial charge in [0.2, 0.25) is 5.89 Å². The van der Waals surface area contributed by atoms with E-state index in [9.17, 15) is 4.79 Å². The highest BCUT2D eigenvalue weighted by atomic mass is 79.9. The number of hydrogen-bond donors (Lipinski definition) is 0. The highest BCUT2D eigenvalue weighted by Gasteiger charge is 2.21. The lowest BCUT2D eigenvalue weighted by molar-refractivity contribution is 0.0518. The maximum atomic E-state index is 11.7. The molecule has 0 unspecified atom stereocenters. The summed E-state index contributed by atoms with van der Waals surface area (Å²) in [6.45, 7) is 2.04. The summed E-state index contributed by atoms with van der Waals surface area (Å²) in [6.07, 6.45) is 0. The lowest BCUT2D eigenvalue weighted by Gasteiger charge is -1.97. The predicted molar refractivity (Wildman–Crippen MR) is 75.5 cm³/mol. The molecule has 2 aromatic rings. The minimum absolute atomic E-state index is 0.198. The molecule has 4 nitrogen and oxygen atoms in total. The maximum absolute atomic E-state index is 11.7. The van der Waals surface area contributed by atoms with E-state index < -0.39 is 5.97 Å². The van der Waals surface area contributed by atoms with E-state index in [2.05, 4.69) is 20.9 Å². The van der Waals surface area contributed by atoms with Crippen LogP contribution in [0, 0.1) is 0 Å². The van der Waals surface area contributed by atoms with E-state index in [1.54, 1.807) is 31.2 Å². The zero-order chi connectivity index (χ0) is 13.8. The lowest BCUT2D eigenvalue weighted by Crippen LogP contribution is -2.07. The second-order valence-corrected chi connectivity index (χ2v) is 4.65. The lowest BCUT2D eigenvalue weighted by atomic mass is 10.2. The van der Waals surface area contributed by atoms with Crippen molar-refractivity contribution in [3.8, 4) is 11.5 Å². The number of hydrogen-bond acceptors (Lipinski definition) is 4. The second-order valence-electron chi connectivity index (χ2n) is 3.65. The zero-order valence-corrected chi connectivity index (χ0v) is 12.5. The number of ether oxygens (including phenoxy) is 1. The van der Waals surface area contributed by atoms with Crippen molar-refractivity contribution >= 4 is 33.5 Å². The Bertz CT molecular complexity index is 580. The molecule has 1 heterocycles. The summed E-state index contributed by atoms with van der Waals surface area (Å²) in [5.41, 5.74) is 0.950. The number of aromatic nitrogens is 1. The topological polar surface area (TPSA) is 52.3 Å². The van der Waals surface area contributed by atoms with Crippen molar-refractivity contribution in [2.24, 2.45) is 0 Å². The van der Waals surface area contributed by atoms with Crippen molar-refractivity contribution in [1.29, 1.82) is 0 Å². The number of rotatable bonds is 4. The van der Waals surface area contributed by atoms with Crippen molar-refractivity contribution in [2.75, 3.05) is 6.61 Å². The molecule has 2 rings (SSSR count). The summed E-state index contributed by atoms with van der Waals surface area (Å²) in [5.74, 6) is 0.332. The largest absolute Gasteiger partial charge is 0.461 e. The fourth-order valence-corrected chi connectivity index (χ4v) is 2.02. The van der Waals surface area contributed by atoms with E-state index in [1.165, 1.54) is 0 Å². The monoisotopic (exact) mass is 343 g/mol. The Morgan fingerprint density at radius 1 is 1.42 bits per heavy atom. The van der Waals surface area contributed by atoms with Gasteiger partial charge in [0.1, 0.15) is 5.76 Å². The number of nitrogens with zero attached hydrogens (tertiary/aromatic N) is 1. The van der Waals surface area contributed by atoms with Gasteiger partial charge in [0, 0.05) is 10.6 Å². The van der Waals surface area contributed by atoms with Crippen LogP contribution in [0.1, 0.15) is 23.2 Å². The first-order valence-electron chi connectivity index (χ1n) is 5.64. The van der Waals surface area contributed by atoms with Crippen LogP contribution < -0.4 is 0 Å². The van der Waals surface area contributed by atoms with Gasteiger partial charge in [0.15, 0.2) is 5.69 Å². The van der Waals surface area contributed by atoms with Gasteiger partial charge in [-0.05, 0) is 31.2 Å². The van der Waals surface area contributed by atoms with Crippen LogP contribution in [-0.4, -0.2) is 17.6 Å². The highest BCUT2D eigenvalue weighted by molar-refractivity contribution is 9.08. The summed E-state index contributed by atoms with van der Waals surface area (Å²) in [4.78, 5) is 15.9. The van der Waals surface area contributed by atoms with Crippen molar-refractivity contribution in [1.82, 2.24) is 4.98 Å². The average Bonchev–Trinajstić information content (AvgIpc) is 2.84. The van der Waals surface area contributed by atoms with Gasteiger partial charge >= 0.3 is 5.97 Å². The number of benzene rings is 1. The Balaban J connectivity index is 2.38. The van der Waals surface area contributed by atoms with Crippen LogP contribution in [0.2, 0.25) is 5.02 Å². The molecule has 1 aromatic carbocycles. The first-order valence-corrected chi connectivity index (χ1v) is 7.14. The van der Waals surface area contributed by atoms with Gasteiger partial charge in [-0.2, -0.15) is 0 Å². The molecule has 19 heavy (non-hydrogen) atoms. The summed E-state index contributed by atoms with van der Waals surface area (Å²) < 4.78 is 10.5. The van der Waals surface area contributed by atoms with Gasteiger partial charge < -0.3 is 9.15 Å². The number of carbonyl (C=O) groups excluding carboxylic acids is 1. The molecule has 0 N–H and O–H groups in total. The Morgan fingerprint density at radius 2 is 2.11 bits per heavy atom. The van der Waals surface area contributed by atoms with Crippen molar-refractivity contribution in [3.05, 3.63) is 40.7 Å². The van der Waals surface area contributed by atoms with E-state index in [1.807, 2.05) is 0 Å². The quantitative estimate of drug-likeness (QED) is 0.620. The summed E-state index contributed by atoms with van der Waals surface area (Å²) >= 11 is 9.08. The minimum Gasteiger partial charge on any atom is -0.461 e. The van der Waals surface area contributed by atoms with Crippen molar-refractivity contribution in [2.45, 2.75) is 12.3 Å². The van der Waals surface area contributed by atoms with Gasteiger partial charge in [0.25, 0.3) is 0 Å². The Labute approximate surface area is 123 Å². The number of oxazole rings is 1. The maximum Gasteiger partial charge on any atom is 0.360 e. The van der Waals surface area contributed by atoms with Crippen LogP contribution in [0.25, 0.3) is 11.5 Å². The highest BCUT2D eigenvalue weighted by Crippen LogP contribution is 2.25. The molecule has 6 heteroatoms. The average molecular weight is 345 g/mol. The van der Waals surface area contributed by atoms with Crippen molar-refractivity contribution < 1.29 is 13.9 Å². The molecule has 0 spiro atoms. The van der Waals surface area contributed by atoms with E-state index in [-0.39, 0.29) is 5.69 Å². The van der Waals surface area contributed by atoms with Gasteiger partial charge in [-0.25, -0.2) is 9.78 Å². The third-order valence-electron chi connectivity index (χ3n) is 2.38. The van der Waals surface area contributed by atoms with E-state index in [0.717, 1.165) is 5.56 Å². The van der Waals surface area contributed by atoms with Gasteiger partial charge in [-0.3, -0.25) is 0 Å². The molecular formula is C13H11BrClNO3. The standard InChI is InChI=1S/C13H11BrClNO3/c1-2-18-13(17)11-10(7-14)19-12(16-11)8-3-5-9(15)6-4-8/h3-6H,2,7H2,1H3. The van der Waals surface area contributed by atoms with Gasteiger partial charge in [-0.1, -0.05) is 27.5 Å². The van der Waals surface area contributed by atoms with E-state index in [4.69, 9.17) is 20.8 Å². The predicted octanol–water partition coefficient (Wildman–Crippen LogP) is 4.07. The Kier molecular flexibility index (Phi) is 4.61. The Hall–Kier alpha value is -1.33. The molecule has 100 valence electrons. The molecule has 0 saturated heterocycles. The molecule has 0 bridgehead atoms. The number of halogens is 2. The first kappa shape index (κ1) is 14.1. The molecular weight excluding hydrogens is 334 g/mol. The number of carbonyl (C=O) groups is 1. The smallest absolute Gasteiger partial charge is 0.360 e. The van der Waals surface area contributed by atoms with Crippen LogP contribution in [0.5, 0.6) is 0 Å². The molecule has 0 aliphatic carbocycles. The van der Waals surface area contributed by atoms with Crippen LogP contribution >= 0.6 is 27.5 Å². The zero-order valence-electron chi connectivity index (χ0n) is 10.2. The van der Waals surface area contributed by atoms with E-state index >= 15 is 0 Å². The van der Waals surface area contributed by atoms with Crippen LogP contribution in [0.15, 0.2) is 28.7 Å². The van der Waals surface area contributed by atoms with E-state index in [0.29, 0.717) is 28.6 Å². The normalized spacial score (nSPS) is 10.5. The molecule has 0 fully saturated rings. The minimum atomic E-state index is -0.485. The SMILES string of the molecule is CCOC(=O)c1nc(-c2ccc(Cl)cc2)oc1CBr. The molecule has 1 aromatic heterocycles. The second kappa shape index (κ2) is 6.21. The fraction of sp³-hybridized carbons (Fsp3) is 0.231. The fourth-order valence-electron chi connectivity index (χ4n) is 1.52. The summed E-state index contributed by atoms with van der Waals surface area (Å²) in [7, 11) is 0. The van der Waals surface area contributed by atoms with Crippen LogP contribution in [0.4, 0.5) is 0 Å². The molecule has 0 amide bonds. The summed E-state index contributed by atoms with van der Waals surface area (Å²) in [6, 6.07) is 7.03. The van der Waals surface area contributed by atoms with Crippen LogP contribution in [-0.2, 0) is 10.1 Å². The first-order chi connectivity index (χ1) is 9.15. The third kappa shape index (κ3) is 3.16. The molecule has 0 aliphatic rings. The van der Waals surface area contributed by atoms with Gasteiger partial charge in [0.05, 0.1) is 11.9 Å².